The van der Waals surface area contributed by atoms with Crippen molar-refractivity contribution in [2.24, 2.45) is 0 Å². The topological polar surface area (TPSA) is 74.6 Å². The molecule has 0 radical (unpaired) electrons. The lowest BCUT2D eigenvalue weighted by Crippen LogP contribution is -2.33. The number of unbranched alkanes of at least 4 members (excludes halogenated alkanes) is 12. The number of rotatable bonds is 18. The molecule has 0 rings (SSSR count). The van der Waals surface area contributed by atoms with Crippen LogP contribution in [0.3, 0.4) is 0 Å². The van der Waals surface area contributed by atoms with E-state index in [-0.39, 0.29) is 0 Å². The van der Waals surface area contributed by atoms with Crippen LogP contribution in [0.25, 0.3) is 0 Å². The molecule has 4 nitrogen and oxygen atoms in total. The largest absolute Gasteiger partial charge is 0.392 e. The van der Waals surface area contributed by atoms with E-state index in [4.69, 9.17) is 0 Å². The molecule has 0 bridgehead atoms. The molecule has 0 spiro atoms. The summed E-state index contributed by atoms with van der Waals surface area (Å²) in [5.74, 6) is 0. The summed E-state index contributed by atoms with van der Waals surface area (Å²) >= 11 is 0. The van der Waals surface area contributed by atoms with Crippen molar-refractivity contribution in [1.29, 1.82) is 0 Å². The van der Waals surface area contributed by atoms with Gasteiger partial charge in [-0.25, -0.2) is 0 Å². The Bertz CT molecular complexity index is 381. The Balaban J connectivity index is 3.73. The molecule has 0 aliphatic heterocycles. The first-order valence-electron chi connectivity index (χ1n) is 10.6. The number of aliphatic hydroxyl groups excluding tert-OH is 1. The van der Waals surface area contributed by atoms with Crippen molar-refractivity contribution < 1.29 is 18.1 Å². The number of hydrogen-bond donors (Lipinski definition) is 2. The Labute approximate surface area is 156 Å². The molecular formula is C20H42O4S. The van der Waals surface area contributed by atoms with E-state index in [0.717, 1.165) is 38.5 Å². The second kappa shape index (κ2) is 16.1. The van der Waals surface area contributed by atoms with Gasteiger partial charge >= 0.3 is 0 Å². The maximum Gasteiger partial charge on any atom is 0.270 e. The molecule has 5 heteroatoms. The Morgan fingerprint density at radius 2 is 1.00 bits per heavy atom. The SMILES string of the molecule is CCCCCCCCCCCCCC(O)C(CCCCC)S(=O)(=O)O. The van der Waals surface area contributed by atoms with Gasteiger partial charge in [0, 0.05) is 0 Å². The van der Waals surface area contributed by atoms with Crippen LogP contribution in [0.15, 0.2) is 0 Å². The van der Waals surface area contributed by atoms with Crippen LogP contribution in [0.2, 0.25) is 0 Å². The van der Waals surface area contributed by atoms with Crippen LogP contribution in [-0.2, 0) is 10.1 Å². The molecule has 152 valence electrons. The Morgan fingerprint density at radius 1 is 0.640 bits per heavy atom. The first kappa shape index (κ1) is 24.9. The first-order valence-corrected chi connectivity index (χ1v) is 12.1. The molecule has 0 aliphatic rings. The van der Waals surface area contributed by atoms with Gasteiger partial charge in [-0.3, -0.25) is 4.55 Å². The lowest BCUT2D eigenvalue weighted by Gasteiger charge is -2.20. The van der Waals surface area contributed by atoms with E-state index in [9.17, 15) is 18.1 Å². The van der Waals surface area contributed by atoms with Crippen molar-refractivity contribution in [2.45, 2.75) is 128 Å². The predicted octanol–water partition coefficient (Wildman–Crippen LogP) is 5.89. The van der Waals surface area contributed by atoms with Crippen LogP contribution in [0.5, 0.6) is 0 Å². The average molecular weight is 379 g/mol. The van der Waals surface area contributed by atoms with E-state index in [1.54, 1.807) is 0 Å². The van der Waals surface area contributed by atoms with Gasteiger partial charge in [-0.05, 0) is 12.8 Å². The molecular weight excluding hydrogens is 336 g/mol. The summed E-state index contributed by atoms with van der Waals surface area (Å²) in [5.41, 5.74) is 0. The van der Waals surface area contributed by atoms with Crippen LogP contribution in [-0.4, -0.2) is 29.4 Å². The van der Waals surface area contributed by atoms with Gasteiger partial charge in [-0.1, -0.05) is 104 Å². The molecule has 2 atom stereocenters. The normalized spacial score (nSPS) is 14.6. The fourth-order valence-electron chi connectivity index (χ4n) is 3.34. The van der Waals surface area contributed by atoms with Crippen molar-refractivity contribution in [2.75, 3.05) is 0 Å². The molecule has 0 aliphatic carbocycles. The van der Waals surface area contributed by atoms with Crippen LogP contribution in [0.4, 0.5) is 0 Å². The third-order valence-corrected chi connectivity index (χ3v) is 6.32. The summed E-state index contributed by atoms with van der Waals surface area (Å²) in [7, 11) is -4.16. The van der Waals surface area contributed by atoms with E-state index in [2.05, 4.69) is 6.92 Å². The van der Waals surface area contributed by atoms with E-state index in [1.165, 1.54) is 51.4 Å². The maximum atomic E-state index is 11.5. The molecule has 0 saturated heterocycles. The van der Waals surface area contributed by atoms with Crippen molar-refractivity contribution >= 4 is 10.1 Å². The van der Waals surface area contributed by atoms with Gasteiger partial charge in [-0.2, -0.15) is 8.42 Å². The number of hydrogen-bond acceptors (Lipinski definition) is 3. The zero-order valence-corrected chi connectivity index (χ0v) is 17.4. The Morgan fingerprint density at radius 3 is 1.44 bits per heavy atom. The van der Waals surface area contributed by atoms with Gasteiger partial charge < -0.3 is 5.11 Å². The smallest absolute Gasteiger partial charge is 0.270 e. The zero-order valence-electron chi connectivity index (χ0n) is 16.6. The average Bonchev–Trinajstić information content (AvgIpc) is 2.55. The molecule has 0 amide bonds. The van der Waals surface area contributed by atoms with E-state index in [0.29, 0.717) is 12.8 Å². The molecule has 0 saturated carbocycles. The van der Waals surface area contributed by atoms with Crippen LogP contribution in [0, 0.1) is 0 Å². The zero-order chi connectivity index (χ0) is 19.0. The maximum absolute atomic E-state index is 11.5. The van der Waals surface area contributed by atoms with E-state index >= 15 is 0 Å². The van der Waals surface area contributed by atoms with Gasteiger partial charge in [0.2, 0.25) is 0 Å². The molecule has 0 fully saturated rings. The molecule has 0 aromatic carbocycles. The summed E-state index contributed by atoms with van der Waals surface area (Å²) in [6.07, 6.45) is 16.1. The van der Waals surface area contributed by atoms with Crippen molar-refractivity contribution in [3.63, 3.8) is 0 Å². The summed E-state index contributed by atoms with van der Waals surface area (Å²) in [5, 5.41) is 9.14. The minimum absolute atomic E-state index is 0.353. The van der Waals surface area contributed by atoms with Gasteiger partial charge in [0.25, 0.3) is 10.1 Å². The predicted molar refractivity (Wildman–Crippen MR) is 107 cm³/mol. The summed E-state index contributed by atoms with van der Waals surface area (Å²) in [6.45, 7) is 4.28. The fraction of sp³-hybridized carbons (Fsp3) is 1.00. The fourth-order valence-corrected chi connectivity index (χ4v) is 4.34. The molecule has 0 aromatic heterocycles. The monoisotopic (exact) mass is 378 g/mol. The second-order valence-corrected chi connectivity index (χ2v) is 9.08. The standard InChI is InChI=1S/C20H42O4S/c1-3-5-7-8-9-10-11-12-13-14-16-17-19(21)20(25(22,23)24)18-15-6-4-2/h19-21H,3-18H2,1-2H3,(H,22,23,24). The minimum atomic E-state index is -4.16. The van der Waals surface area contributed by atoms with Crippen molar-refractivity contribution in [1.82, 2.24) is 0 Å². The summed E-state index contributed by atoms with van der Waals surface area (Å²) < 4.78 is 32.3. The van der Waals surface area contributed by atoms with E-state index < -0.39 is 21.5 Å². The second-order valence-electron chi connectivity index (χ2n) is 7.44. The highest BCUT2D eigenvalue weighted by Crippen LogP contribution is 2.19. The summed E-state index contributed by atoms with van der Waals surface area (Å²) in [4.78, 5) is 0. The first-order chi connectivity index (χ1) is 11.9. The Hall–Kier alpha value is -0.130. The summed E-state index contributed by atoms with van der Waals surface area (Å²) in [6, 6.07) is 0. The Kier molecular flexibility index (Phi) is 16.0. The highest BCUT2D eigenvalue weighted by molar-refractivity contribution is 7.86. The molecule has 25 heavy (non-hydrogen) atoms. The quantitative estimate of drug-likeness (QED) is 0.230. The lowest BCUT2D eigenvalue weighted by molar-refractivity contribution is 0.146. The molecule has 2 unspecified atom stereocenters. The van der Waals surface area contributed by atoms with Crippen molar-refractivity contribution in [3.05, 3.63) is 0 Å². The number of aliphatic hydroxyl groups is 1. The van der Waals surface area contributed by atoms with Crippen LogP contribution in [0.1, 0.15) is 117 Å². The van der Waals surface area contributed by atoms with E-state index in [1.807, 2.05) is 6.92 Å². The van der Waals surface area contributed by atoms with Gasteiger partial charge in [0.1, 0.15) is 5.25 Å². The van der Waals surface area contributed by atoms with Gasteiger partial charge in [-0.15, -0.1) is 0 Å². The van der Waals surface area contributed by atoms with Crippen LogP contribution < -0.4 is 0 Å². The molecule has 2 N–H and O–H groups in total. The molecule has 0 heterocycles. The highest BCUT2D eigenvalue weighted by Gasteiger charge is 2.29. The van der Waals surface area contributed by atoms with Crippen LogP contribution >= 0.6 is 0 Å². The van der Waals surface area contributed by atoms with Gasteiger partial charge in [0.05, 0.1) is 6.10 Å². The highest BCUT2D eigenvalue weighted by atomic mass is 32.2. The third kappa shape index (κ3) is 14.7. The van der Waals surface area contributed by atoms with Gasteiger partial charge in [0.15, 0.2) is 0 Å². The third-order valence-electron chi connectivity index (χ3n) is 5.01. The lowest BCUT2D eigenvalue weighted by atomic mass is 10.0. The minimum Gasteiger partial charge on any atom is -0.392 e. The molecule has 0 aromatic rings. The van der Waals surface area contributed by atoms with Crippen molar-refractivity contribution in [3.8, 4) is 0 Å².